The van der Waals surface area contributed by atoms with Crippen LogP contribution in [0.2, 0.25) is 0 Å². The molecule has 23 heavy (non-hydrogen) atoms. The molecule has 0 saturated carbocycles. The van der Waals surface area contributed by atoms with E-state index in [1.54, 1.807) is 0 Å². The molecule has 1 atom stereocenters. The van der Waals surface area contributed by atoms with Gasteiger partial charge in [-0.05, 0) is 32.7 Å². The molecule has 1 aliphatic rings. The largest absolute Gasteiger partial charge is 0.494 e. The number of hydrogen-bond acceptors (Lipinski definition) is 5. The third kappa shape index (κ3) is 4.54. The van der Waals surface area contributed by atoms with Gasteiger partial charge in [-0.25, -0.2) is 4.39 Å². The van der Waals surface area contributed by atoms with E-state index in [-0.39, 0.29) is 11.4 Å². The number of ether oxygens (including phenoxy) is 1. The molecular formula is C16H24FN3O3. The molecule has 1 aliphatic heterocycles. The van der Waals surface area contributed by atoms with Gasteiger partial charge in [0, 0.05) is 25.2 Å². The maximum absolute atomic E-state index is 13.6. The van der Waals surface area contributed by atoms with Crippen LogP contribution in [0.5, 0.6) is 5.75 Å². The highest BCUT2D eigenvalue weighted by Gasteiger charge is 2.20. The van der Waals surface area contributed by atoms with Gasteiger partial charge in [-0.15, -0.1) is 0 Å². The summed E-state index contributed by atoms with van der Waals surface area (Å²) in [6.45, 7) is 4.91. The Hall–Kier alpha value is -1.89. The summed E-state index contributed by atoms with van der Waals surface area (Å²) in [5.41, 5.74) is 0.0228. The van der Waals surface area contributed by atoms with Crippen molar-refractivity contribution >= 4 is 11.4 Å². The quantitative estimate of drug-likeness (QED) is 0.473. The van der Waals surface area contributed by atoms with E-state index in [1.807, 2.05) is 0 Å². The third-order valence-corrected chi connectivity index (χ3v) is 4.34. The number of piperidine rings is 1. The number of likely N-dealkylation sites (tertiary alicyclic amines) is 1. The molecule has 1 heterocycles. The summed E-state index contributed by atoms with van der Waals surface area (Å²) in [5.74, 6) is -0.727. The lowest BCUT2D eigenvalue weighted by Gasteiger charge is -2.33. The molecular weight excluding hydrogens is 301 g/mol. The highest BCUT2D eigenvalue weighted by molar-refractivity contribution is 5.64. The molecule has 2 rings (SSSR count). The van der Waals surface area contributed by atoms with Crippen molar-refractivity contribution in [1.29, 1.82) is 0 Å². The molecule has 1 aromatic carbocycles. The number of hydrogen-bond donors (Lipinski definition) is 1. The first-order valence-electron chi connectivity index (χ1n) is 8.02. The molecule has 6 nitrogen and oxygen atoms in total. The van der Waals surface area contributed by atoms with Gasteiger partial charge in [0.2, 0.25) is 0 Å². The molecule has 0 spiro atoms. The van der Waals surface area contributed by atoms with Crippen LogP contribution in [0.15, 0.2) is 12.1 Å². The van der Waals surface area contributed by atoms with Crippen LogP contribution in [-0.4, -0.2) is 42.6 Å². The number of rotatable bonds is 7. The molecule has 1 saturated heterocycles. The Morgan fingerprint density at radius 2 is 2.26 bits per heavy atom. The van der Waals surface area contributed by atoms with Gasteiger partial charge in [-0.3, -0.25) is 10.1 Å². The maximum Gasteiger partial charge on any atom is 0.295 e. The molecule has 128 valence electrons. The minimum Gasteiger partial charge on any atom is -0.494 e. The zero-order chi connectivity index (χ0) is 16.8. The van der Waals surface area contributed by atoms with Crippen LogP contribution in [0.3, 0.4) is 0 Å². The summed E-state index contributed by atoms with van der Waals surface area (Å²) < 4.78 is 18.5. The number of benzene rings is 1. The summed E-state index contributed by atoms with van der Waals surface area (Å²) in [6, 6.07) is 2.84. The fourth-order valence-electron chi connectivity index (χ4n) is 2.99. The number of nitro benzene ring substituents is 1. The molecule has 0 bridgehead atoms. The van der Waals surface area contributed by atoms with Gasteiger partial charge >= 0.3 is 0 Å². The van der Waals surface area contributed by atoms with Crippen molar-refractivity contribution in [2.45, 2.75) is 38.6 Å². The topological polar surface area (TPSA) is 67.6 Å². The molecule has 1 unspecified atom stereocenters. The van der Waals surface area contributed by atoms with E-state index in [4.69, 9.17) is 4.74 Å². The van der Waals surface area contributed by atoms with Gasteiger partial charge in [-0.1, -0.05) is 6.42 Å². The van der Waals surface area contributed by atoms with Gasteiger partial charge < -0.3 is 15.0 Å². The van der Waals surface area contributed by atoms with Crippen LogP contribution < -0.4 is 10.1 Å². The van der Waals surface area contributed by atoms with Gasteiger partial charge in [-0.2, -0.15) is 0 Å². The standard InChI is InChI=1S/C16H24FN3O3/c1-12-6-3-4-8-19(12)9-5-7-18-14-11-16(23-2)13(17)10-15(14)20(21)22/h10-12,18H,3-9H2,1-2H3. The van der Waals surface area contributed by atoms with Crippen LogP contribution in [-0.2, 0) is 0 Å². The molecule has 0 aliphatic carbocycles. The van der Waals surface area contributed by atoms with Crippen molar-refractivity contribution in [3.63, 3.8) is 0 Å². The first-order valence-corrected chi connectivity index (χ1v) is 8.02. The third-order valence-electron chi connectivity index (χ3n) is 4.34. The second-order valence-corrected chi connectivity index (χ2v) is 5.92. The second kappa shape index (κ2) is 8.10. The van der Waals surface area contributed by atoms with Crippen LogP contribution in [0.1, 0.15) is 32.6 Å². The fourth-order valence-corrected chi connectivity index (χ4v) is 2.99. The second-order valence-electron chi connectivity index (χ2n) is 5.92. The van der Waals surface area contributed by atoms with Crippen LogP contribution in [0.25, 0.3) is 0 Å². The van der Waals surface area contributed by atoms with E-state index in [9.17, 15) is 14.5 Å². The van der Waals surface area contributed by atoms with Crippen molar-refractivity contribution in [2.24, 2.45) is 0 Å². The van der Waals surface area contributed by atoms with Crippen molar-refractivity contribution < 1.29 is 14.1 Å². The summed E-state index contributed by atoms with van der Waals surface area (Å²) in [4.78, 5) is 12.9. The van der Waals surface area contributed by atoms with Gasteiger partial charge in [0.25, 0.3) is 5.69 Å². The van der Waals surface area contributed by atoms with E-state index in [1.165, 1.54) is 32.4 Å². The van der Waals surface area contributed by atoms with Gasteiger partial charge in [0.15, 0.2) is 11.6 Å². The Morgan fingerprint density at radius 3 is 2.91 bits per heavy atom. The average Bonchev–Trinajstić information content (AvgIpc) is 2.53. The van der Waals surface area contributed by atoms with Gasteiger partial charge in [0.05, 0.1) is 18.1 Å². The lowest BCUT2D eigenvalue weighted by molar-refractivity contribution is -0.384. The average molecular weight is 325 g/mol. The number of methoxy groups -OCH3 is 1. The van der Waals surface area contributed by atoms with E-state index in [2.05, 4.69) is 17.1 Å². The number of nitrogens with one attached hydrogen (secondary N) is 1. The summed E-state index contributed by atoms with van der Waals surface area (Å²) in [5, 5.41) is 14.1. The Balaban J connectivity index is 1.92. The molecule has 0 radical (unpaired) electrons. The van der Waals surface area contributed by atoms with Crippen molar-refractivity contribution in [3.05, 3.63) is 28.1 Å². The van der Waals surface area contributed by atoms with E-state index >= 15 is 0 Å². The summed E-state index contributed by atoms with van der Waals surface area (Å²) in [7, 11) is 1.34. The monoisotopic (exact) mass is 325 g/mol. The molecule has 0 aromatic heterocycles. The smallest absolute Gasteiger partial charge is 0.295 e. The minimum absolute atomic E-state index is 0.00255. The first kappa shape index (κ1) is 17.5. The Kier molecular flexibility index (Phi) is 6.15. The van der Waals surface area contributed by atoms with Crippen molar-refractivity contribution in [3.8, 4) is 5.75 Å². The summed E-state index contributed by atoms with van der Waals surface area (Å²) >= 11 is 0. The van der Waals surface area contributed by atoms with Crippen LogP contribution in [0, 0.1) is 15.9 Å². The zero-order valence-electron chi connectivity index (χ0n) is 13.7. The van der Waals surface area contributed by atoms with E-state index < -0.39 is 10.7 Å². The Morgan fingerprint density at radius 1 is 1.48 bits per heavy atom. The predicted molar refractivity (Wildman–Crippen MR) is 87.6 cm³/mol. The van der Waals surface area contributed by atoms with Gasteiger partial charge in [0.1, 0.15) is 5.69 Å². The zero-order valence-corrected chi connectivity index (χ0v) is 13.7. The SMILES string of the molecule is COc1cc(NCCCN2CCCCC2C)c([N+](=O)[O-])cc1F. The Labute approximate surface area is 135 Å². The predicted octanol–water partition coefficient (Wildman–Crippen LogP) is 3.42. The fraction of sp³-hybridized carbons (Fsp3) is 0.625. The summed E-state index contributed by atoms with van der Waals surface area (Å²) in [6.07, 6.45) is 4.63. The molecule has 1 N–H and O–H groups in total. The normalized spacial score (nSPS) is 18.7. The van der Waals surface area contributed by atoms with E-state index in [0.717, 1.165) is 25.6 Å². The number of anilines is 1. The highest BCUT2D eigenvalue weighted by atomic mass is 19.1. The molecule has 0 amide bonds. The number of halogens is 1. The van der Waals surface area contributed by atoms with Crippen LogP contribution in [0.4, 0.5) is 15.8 Å². The number of nitrogens with zero attached hydrogens (tertiary/aromatic N) is 2. The first-order chi connectivity index (χ1) is 11.0. The Bertz CT molecular complexity index is 554. The van der Waals surface area contributed by atoms with E-state index in [0.29, 0.717) is 18.3 Å². The molecule has 1 aromatic rings. The maximum atomic E-state index is 13.6. The van der Waals surface area contributed by atoms with Crippen molar-refractivity contribution in [2.75, 3.05) is 32.1 Å². The lowest BCUT2D eigenvalue weighted by atomic mass is 10.0. The van der Waals surface area contributed by atoms with Crippen LogP contribution >= 0.6 is 0 Å². The minimum atomic E-state index is -0.730. The highest BCUT2D eigenvalue weighted by Crippen LogP contribution is 2.31. The molecule has 7 heteroatoms. The lowest BCUT2D eigenvalue weighted by Crippen LogP contribution is -2.38. The number of nitro groups is 1. The van der Waals surface area contributed by atoms with Crippen molar-refractivity contribution in [1.82, 2.24) is 4.90 Å². The molecule has 1 fully saturated rings.